The maximum Gasteiger partial charge on any atom is 0.491 e. The second-order valence-corrected chi connectivity index (χ2v) is 2.48. The molecule has 0 aliphatic heterocycles. The third-order valence-corrected chi connectivity index (χ3v) is 1.17. The Morgan fingerprint density at radius 3 is 1.35 bits per heavy atom. The first kappa shape index (κ1) is 15.8. The van der Waals surface area contributed by atoms with Gasteiger partial charge in [0.25, 0.3) is 0 Å². The van der Waals surface area contributed by atoms with E-state index in [1.54, 1.807) is 0 Å². The molecule has 0 unspecified atom stereocenters. The SMILES string of the molecule is O=C(OC(F)(F)C(F)(F)C(F)(F)F)C(F)(F)F. The monoisotopic (exact) mass is 282 g/mol. The van der Waals surface area contributed by atoms with Gasteiger partial charge in [-0.15, -0.1) is 0 Å². The average Bonchev–Trinajstić information content (AvgIpc) is 1.98. The number of rotatable bonds is 2. The first-order valence-corrected chi connectivity index (χ1v) is 3.25. The zero-order chi connectivity index (χ0) is 14.3. The van der Waals surface area contributed by atoms with Crippen LogP contribution in [0.4, 0.5) is 43.9 Å². The van der Waals surface area contributed by atoms with E-state index in [0.29, 0.717) is 0 Å². The molecule has 102 valence electrons. The fraction of sp³-hybridized carbons (Fsp3) is 0.800. The van der Waals surface area contributed by atoms with Gasteiger partial charge in [0.05, 0.1) is 0 Å². The standard InChI is InChI=1S/C5F10O2/c6-2(7,8)1(16)17-5(14,15)3(9,10)4(11,12)13. The molecule has 17 heavy (non-hydrogen) atoms. The molecule has 0 aliphatic rings. The quantitative estimate of drug-likeness (QED) is 0.575. The van der Waals surface area contributed by atoms with Crippen molar-refractivity contribution in [1.82, 2.24) is 0 Å². The summed E-state index contributed by atoms with van der Waals surface area (Å²) in [6.07, 6.45) is -19.7. The van der Waals surface area contributed by atoms with E-state index in [1.165, 1.54) is 0 Å². The molecule has 0 radical (unpaired) electrons. The van der Waals surface area contributed by atoms with Crippen LogP contribution >= 0.6 is 0 Å². The number of carbonyl (C=O) groups excluding carboxylic acids is 1. The van der Waals surface area contributed by atoms with Gasteiger partial charge in [0.15, 0.2) is 0 Å². The van der Waals surface area contributed by atoms with Crippen molar-refractivity contribution in [3.05, 3.63) is 0 Å². The molecule has 2 nitrogen and oxygen atoms in total. The van der Waals surface area contributed by atoms with E-state index in [4.69, 9.17) is 0 Å². The van der Waals surface area contributed by atoms with Crippen LogP contribution in [-0.2, 0) is 9.53 Å². The summed E-state index contributed by atoms with van der Waals surface area (Å²) in [6, 6.07) is 0. The number of hydrogen-bond acceptors (Lipinski definition) is 2. The van der Waals surface area contributed by atoms with Crippen molar-refractivity contribution in [2.24, 2.45) is 0 Å². The van der Waals surface area contributed by atoms with Crippen molar-refractivity contribution >= 4 is 5.97 Å². The molecule has 0 aliphatic carbocycles. The lowest BCUT2D eigenvalue weighted by Crippen LogP contribution is -2.55. The molecule has 0 rings (SSSR count). The van der Waals surface area contributed by atoms with Crippen LogP contribution in [0, 0.1) is 0 Å². The third-order valence-electron chi connectivity index (χ3n) is 1.17. The Morgan fingerprint density at radius 1 is 0.765 bits per heavy atom. The molecule has 0 aromatic heterocycles. The topological polar surface area (TPSA) is 26.3 Å². The van der Waals surface area contributed by atoms with Crippen molar-refractivity contribution in [3.63, 3.8) is 0 Å². The summed E-state index contributed by atoms with van der Waals surface area (Å²) in [5.74, 6) is -10.8. The van der Waals surface area contributed by atoms with E-state index in [2.05, 4.69) is 0 Å². The summed E-state index contributed by atoms with van der Waals surface area (Å²) < 4.78 is 118. The lowest BCUT2D eigenvalue weighted by atomic mass is 10.3. The molecule has 0 aromatic carbocycles. The molecule has 12 heteroatoms. The van der Waals surface area contributed by atoms with Gasteiger partial charge in [-0.2, -0.15) is 43.9 Å². The Kier molecular flexibility index (Phi) is 3.63. The van der Waals surface area contributed by atoms with Gasteiger partial charge in [-0.05, 0) is 0 Å². The number of ether oxygens (including phenoxy) is 1. The predicted molar refractivity (Wildman–Crippen MR) is 28.1 cm³/mol. The molecule has 0 saturated carbocycles. The molecular formula is C5F10O2. The van der Waals surface area contributed by atoms with Crippen LogP contribution in [0.15, 0.2) is 0 Å². The first-order valence-electron chi connectivity index (χ1n) is 3.25. The summed E-state index contributed by atoms with van der Waals surface area (Å²) in [6.45, 7) is 0. The van der Waals surface area contributed by atoms with Gasteiger partial charge in [0.2, 0.25) is 0 Å². The Bertz CT molecular complexity index is 299. The largest absolute Gasteiger partial charge is 0.491 e. The summed E-state index contributed by atoms with van der Waals surface area (Å²) in [7, 11) is 0. The Hall–Kier alpha value is -1.23. The number of halogens is 10. The Balaban J connectivity index is 5.12. The highest BCUT2D eigenvalue weighted by Gasteiger charge is 2.76. The van der Waals surface area contributed by atoms with Crippen LogP contribution in [0.1, 0.15) is 0 Å². The molecule has 0 amide bonds. The van der Waals surface area contributed by atoms with Crippen molar-refractivity contribution in [3.8, 4) is 0 Å². The van der Waals surface area contributed by atoms with Crippen LogP contribution in [0.5, 0.6) is 0 Å². The minimum absolute atomic E-state index is 1.83. The maximum atomic E-state index is 12.1. The number of esters is 1. The van der Waals surface area contributed by atoms with Crippen LogP contribution in [0.3, 0.4) is 0 Å². The lowest BCUT2D eigenvalue weighted by Gasteiger charge is -2.27. The minimum Gasteiger partial charge on any atom is -0.389 e. The van der Waals surface area contributed by atoms with E-state index in [-0.39, 0.29) is 0 Å². The zero-order valence-corrected chi connectivity index (χ0v) is 7.10. The highest BCUT2D eigenvalue weighted by Crippen LogP contribution is 2.47. The van der Waals surface area contributed by atoms with Crippen LogP contribution < -0.4 is 0 Å². The number of carbonyl (C=O) groups is 1. The molecule has 0 spiro atoms. The smallest absolute Gasteiger partial charge is 0.389 e. The van der Waals surface area contributed by atoms with Crippen molar-refractivity contribution in [2.45, 2.75) is 24.4 Å². The Labute approximate surface area is 85.1 Å². The van der Waals surface area contributed by atoms with E-state index in [1.807, 2.05) is 4.74 Å². The van der Waals surface area contributed by atoms with Crippen LogP contribution in [0.2, 0.25) is 0 Å². The first-order chi connectivity index (χ1) is 7.13. The second-order valence-electron chi connectivity index (χ2n) is 2.48. The van der Waals surface area contributed by atoms with Gasteiger partial charge in [-0.25, -0.2) is 4.79 Å². The molecule has 0 bridgehead atoms. The number of hydrogen-bond donors (Lipinski definition) is 0. The lowest BCUT2D eigenvalue weighted by molar-refractivity contribution is -0.416. The molecule has 0 aromatic rings. The zero-order valence-electron chi connectivity index (χ0n) is 7.10. The van der Waals surface area contributed by atoms with Gasteiger partial charge >= 0.3 is 30.4 Å². The molecule has 0 heterocycles. The van der Waals surface area contributed by atoms with Crippen molar-refractivity contribution in [1.29, 1.82) is 0 Å². The summed E-state index contributed by atoms with van der Waals surface area (Å²) in [5, 5.41) is 0. The third kappa shape index (κ3) is 3.12. The summed E-state index contributed by atoms with van der Waals surface area (Å²) in [5.41, 5.74) is 0. The normalized spacial score (nSPS) is 14.7. The van der Waals surface area contributed by atoms with Gasteiger partial charge in [0.1, 0.15) is 0 Å². The van der Waals surface area contributed by atoms with Gasteiger partial charge in [-0.1, -0.05) is 0 Å². The number of alkyl halides is 10. The minimum atomic E-state index is -6.94. The van der Waals surface area contributed by atoms with E-state index >= 15 is 0 Å². The highest BCUT2D eigenvalue weighted by atomic mass is 19.4. The molecule has 0 atom stereocenters. The van der Waals surface area contributed by atoms with E-state index in [0.717, 1.165) is 0 Å². The molecule has 0 N–H and O–H groups in total. The van der Waals surface area contributed by atoms with E-state index < -0.39 is 30.4 Å². The van der Waals surface area contributed by atoms with Gasteiger partial charge < -0.3 is 4.74 Å². The molecule has 0 fully saturated rings. The fourth-order valence-electron chi connectivity index (χ4n) is 0.403. The predicted octanol–water partition coefficient (Wildman–Crippen LogP) is 2.88. The summed E-state index contributed by atoms with van der Waals surface area (Å²) >= 11 is 0. The fourth-order valence-corrected chi connectivity index (χ4v) is 0.403. The second kappa shape index (κ2) is 3.91. The van der Waals surface area contributed by atoms with Gasteiger partial charge in [0, 0.05) is 0 Å². The molecule has 0 saturated heterocycles. The maximum absolute atomic E-state index is 12.1. The Morgan fingerprint density at radius 2 is 1.12 bits per heavy atom. The summed E-state index contributed by atoms with van der Waals surface area (Å²) in [4.78, 5) is 9.73. The average molecular weight is 282 g/mol. The molecular weight excluding hydrogens is 282 g/mol. The van der Waals surface area contributed by atoms with E-state index in [9.17, 15) is 48.7 Å². The van der Waals surface area contributed by atoms with Gasteiger partial charge in [-0.3, -0.25) is 0 Å². The van der Waals surface area contributed by atoms with Crippen LogP contribution in [-0.4, -0.2) is 30.4 Å². The van der Waals surface area contributed by atoms with Crippen LogP contribution in [0.25, 0.3) is 0 Å². The van der Waals surface area contributed by atoms with Crippen molar-refractivity contribution in [2.75, 3.05) is 0 Å². The highest BCUT2D eigenvalue weighted by molar-refractivity contribution is 5.75. The van der Waals surface area contributed by atoms with Crippen molar-refractivity contribution < 1.29 is 53.4 Å².